The number of carbonyl (C=O) groups is 6. The van der Waals surface area contributed by atoms with Crippen molar-refractivity contribution in [2.24, 2.45) is 23.7 Å². The van der Waals surface area contributed by atoms with Gasteiger partial charge >= 0.3 is 11.8 Å². The molecule has 14 heteroatoms. The second-order valence-corrected chi connectivity index (χ2v) is 13.6. The Kier molecular flexibility index (Phi) is 12.0. The molecule has 3 heterocycles. The highest BCUT2D eigenvalue weighted by molar-refractivity contribution is 6.30. The van der Waals surface area contributed by atoms with Gasteiger partial charge in [-0.05, 0) is 19.9 Å². The molecule has 1 aromatic carbocycles. The molecule has 0 saturated heterocycles. The van der Waals surface area contributed by atoms with Crippen molar-refractivity contribution in [1.29, 1.82) is 0 Å². The molecule has 5 rings (SSSR count). The Hall–Kier alpha value is -5.08. The number of aliphatic hydroxyl groups is 1. The minimum atomic E-state index is -2.05. The number of esters is 1. The fourth-order valence-corrected chi connectivity index (χ4v) is 6.92. The first-order valence-corrected chi connectivity index (χ1v) is 16.8. The number of phenols is 1. The second-order valence-electron chi connectivity index (χ2n) is 13.6. The highest BCUT2D eigenvalue weighted by Gasteiger charge is 2.51. The average molecular weight is 724 g/mol. The van der Waals surface area contributed by atoms with Gasteiger partial charge in [-0.3, -0.25) is 28.8 Å². The SMILES string of the molecule is COC1/C=C/OC2(C)Oc3c(C)c(O)c4c(c3C2=O)C(=O)C=C(NC(=O)/C(C)=C\C=C\C(C)C(OC=O)C(C)C(O)C(C)C(OC(C)=O)C1C)C4=O. The molecule has 52 heavy (non-hydrogen) atoms. The molecule has 5 bridgehead atoms. The summed E-state index contributed by atoms with van der Waals surface area (Å²) in [5.74, 6) is -9.14. The van der Waals surface area contributed by atoms with Crippen molar-refractivity contribution in [3.05, 3.63) is 70.2 Å². The van der Waals surface area contributed by atoms with Crippen LogP contribution >= 0.6 is 0 Å². The zero-order chi connectivity index (χ0) is 38.8. The van der Waals surface area contributed by atoms with Crippen LogP contribution in [0.2, 0.25) is 0 Å². The molecule has 3 aliphatic heterocycles. The van der Waals surface area contributed by atoms with E-state index in [4.69, 9.17) is 23.7 Å². The van der Waals surface area contributed by atoms with Crippen molar-refractivity contribution in [2.45, 2.75) is 85.6 Å². The van der Waals surface area contributed by atoms with Crippen molar-refractivity contribution in [3.63, 3.8) is 0 Å². The monoisotopic (exact) mass is 723 g/mol. The van der Waals surface area contributed by atoms with Crippen molar-refractivity contribution in [1.82, 2.24) is 5.32 Å². The van der Waals surface area contributed by atoms with E-state index in [-0.39, 0.29) is 34.5 Å². The molecule has 1 amide bonds. The van der Waals surface area contributed by atoms with Crippen LogP contribution in [0.1, 0.15) is 85.1 Å². The largest absolute Gasteiger partial charge is 0.507 e. The van der Waals surface area contributed by atoms with Gasteiger partial charge in [0.15, 0.2) is 5.78 Å². The molecular weight excluding hydrogens is 678 g/mol. The molecule has 280 valence electrons. The summed E-state index contributed by atoms with van der Waals surface area (Å²) in [6.07, 6.45) is 4.40. The molecule has 3 N–H and O–H groups in total. The Morgan fingerprint density at radius 3 is 2.25 bits per heavy atom. The lowest BCUT2D eigenvalue weighted by Crippen LogP contribution is -2.47. The lowest BCUT2D eigenvalue weighted by Gasteiger charge is -2.38. The van der Waals surface area contributed by atoms with Crippen molar-refractivity contribution in [2.75, 3.05) is 7.11 Å². The molecular formula is C38H45NO13. The fourth-order valence-electron chi connectivity index (χ4n) is 6.92. The number of ether oxygens (including phenoxy) is 5. The van der Waals surface area contributed by atoms with Crippen LogP contribution in [-0.4, -0.2) is 83.2 Å². The van der Waals surface area contributed by atoms with Gasteiger partial charge in [-0.1, -0.05) is 45.9 Å². The van der Waals surface area contributed by atoms with Gasteiger partial charge in [0.1, 0.15) is 23.7 Å². The Balaban J connectivity index is 1.85. The Morgan fingerprint density at radius 1 is 0.981 bits per heavy atom. The molecule has 9 unspecified atom stereocenters. The molecule has 1 aliphatic carbocycles. The predicted molar refractivity (Wildman–Crippen MR) is 184 cm³/mol. The van der Waals surface area contributed by atoms with E-state index >= 15 is 0 Å². The molecule has 0 spiro atoms. The zero-order valence-corrected chi connectivity index (χ0v) is 30.5. The number of aliphatic hydroxyl groups excluding tert-OH is 1. The summed E-state index contributed by atoms with van der Waals surface area (Å²) < 4.78 is 28.6. The van der Waals surface area contributed by atoms with E-state index in [1.54, 1.807) is 39.8 Å². The van der Waals surface area contributed by atoms with Gasteiger partial charge in [0.05, 0.1) is 40.9 Å². The predicted octanol–water partition coefficient (Wildman–Crippen LogP) is 3.81. The van der Waals surface area contributed by atoms with Crippen LogP contribution in [-0.2, 0) is 33.3 Å². The van der Waals surface area contributed by atoms with Gasteiger partial charge in [-0.2, -0.15) is 0 Å². The third-order valence-corrected chi connectivity index (χ3v) is 9.97. The molecule has 0 aromatic heterocycles. The van der Waals surface area contributed by atoms with E-state index in [1.807, 2.05) is 0 Å². The number of methoxy groups -OCH3 is 1. The summed E-state index contributed by atoms with van der Waals surface area (Å²) in [6.45, 7) is 12.6. The van der Waals surface area contributed by atoms with Crippen LogP contribution in [0.4, 0.5) is 0 Å². The number of hydrogen-bond donors (Lipinski definition) is 3. The Bertz CT molecular complexity index is 1790. The number of amides is 1. The first-order valence-electron chi connectivity index (χ1n) is 16.8. The molecule has 14 nitrogen and oxygen atoms in total. The molecule has 9 atom stereocenters. The first kappa shape index (κ1) is 39.7. The molecule has 0 fully saturated rings. The number of nitrogens with one attached hydrogen (secondary N) is 1. The van der Waals surface area contributed by atoms with Crippen molar-refractivity contribution >= 4 is 35.7 Å². The number of fused-ring (bicyclic) bond motifs is 14. The van der Waals surface area contributed by atoms with Crippen molar-refractivity contribution in [3.8, 4) is 11.5 Å². The first-order chi connectivity index (χ1) is 24.4. The van der Waals surface area contributed by atoms with Gasteiger partial charge in [-0.25, -0.2) is 0 Å². The minimum absolute atomic E-state index is 0.000707. The maximum atomic E-state index is 13.9. The second kappa shape index (κ2) is 15.7. The van der Waals surface area contributed by atoms with Gasteiger partial charge in [0, 0.05) is 61.8 Å². The number of allylic oxidation sites excluding steroid dienone is 4. The number of phenolic OH excluding ortho intramolecular Hbond substituents is 1. The number of carbonyl (C=O) groups excluding carboxylic acids is 6. The lowest BCUT2D eigenvalue weighted by molar-refractivity contribution is -0.162. The number of benzene rings is 1. The van der Waals surface area contributed by atoms with Crippen LogP contribution < -0.4 is 10.1 Å². The molecule has 1 aromatic rings. The number of hydrogen-bond acceptors (Lipinski definition) is 13. The fraction of sp³-hybridized carbons (Fsp3) is 0.474. The third kappa shape index (κ3) is 7.44. The highest BCUT2D eigenvalue weighted by atomic mass is 16.7. The van der Waals surface area contributed by atoms with Gasteiger partial charge < -0.3 is 39.2 Å². The Morgan fingerprint density at radius 2 is 1.63 bits per heavy atom. The summed E-state index contributed by atoms with van der Waals surface area (Å²) >= 11 is 0. The van der Waals surface area contributed by atoms with Crippen LogP contribution in [0.15, 0.2) is 47.9 Å². The molecule has 0 radical (unpaired) electrons. The quantitative estimate of drug-likeness (QED) is 0.299. The summed E-state index contributed by atoms with van der Waals surface area (Å²) in [5, 5.41) is 25.1. The van der Waals surface area contributed by atoms with E-state index in [2.05, 4.69) is 5.32 Å². The maximum absolute atomic E-state index is 13.9. The molecule has 0 saturated carbocycles. The van der Waals surface area contributed by atoms with E-state index in [0.29, 0.717) is 0 Å². The topological polar surface area (TPSA) is 201 Å². The van der Waals surface area contributed by atoms with E-state index in [0.717, 1.165) is 12.3 Å². The van der Waals surface area contributed by atoms with Gasteiger partial charge in [0.2, 0.25) is 5.78 Å². The zero-order valence-electron chi connectivity index (χ0n) is 30.5. The van der Waals surface area contributed by atoms with E-state index < -0.39 is 100 Å². The Labute approximate surface area is 301 Å². The molecule has 4 aliphatic rings. The van der Waals surface area contributed by atoms with Crippen LogP contribution in [0.25, 0.3) is 0 Å². The number of aromatic hydroxyl groups is 1. The summed E-state index contributed by atoms with van der Waals surface area (Å²) in [5.41, 5.74) is -1.39. The number of rotatable bonds is 4. The van der Waals surface area contributed by atoms with Crippen LogP contribution in [0.3, 0.4) is 0 Å². The van der Waals surface area contributed by atoms with Crippen LogP contribution in [0.5, 0.6) is 11.5 Å². The maximum Gasteiger partial charge on any atom is 0.312 e. The van der Waals surface area contributed by atoms with E-state index in [1.165, 1.54) is 47.0 Å². The smallest absolute Gasteiger partial charge is 0.312 e. The number of ketones is 3. The summed E-state index contributed by atoms with van der Waals surface area (Å²) in [6, 6.07) is 0. The normalized spacial score (nSPS) is 33.4. The highest BCUT2D eigenvalue weighted by Crippen LogP contribution is 2.48. The number of Topliss-reactive ketones (excluding diaryl/α,β-unsaturated/α-hetero) is 2. The lowest BCUT2D eigenvalue weighted by atomic mass is 9.78. The average Bonchev–Trinajstić information content (AvgIpc) is 3.36. The summed E-state index contributed by atoms with van der Waals surface area (Å²) in [4.78, 5) is 78.1. The standard InChI is InChI=1S/C38H45NO13/c1-17-11-10-12-18(2)37(47)39-24-15-25(42)27-28(32(24)45)31(44)22(6)35-29(27)36(46)38(8,52-35)50-14-13-26(48-9)19(3)34(51-23(7)41)21(5)30(43)20(4)33(17)49-16-40/h10-17,19-21,26,30,33-34,43-44H,1-9H3,(H,39,47)/b11-10+,14-13+,18-12-. The summed E-state index contributed by atoms with van der Waals surface area (Å²) in [7, 11) is 1.41. The third-order valence-electron chi connectivity index (χ3n) is 9.97. The van der Waals surface area contributed by atoms with Gasteiger partial charge in [0.25, 0.3) is 18.2 Å². The van der Waals surface area contributed by atoms with Gasteiger partial charge in [-0.15, -0.1) is 0 Å². The van der Waals surface area contributed by atoms with E-state index in [9.17, 15) is 39.0 Å². The van der Waals surface area contributed by atoms with Crippen LogP contribution in [0, 0.1) is 30.6 Å². The minimum Gasteiger partial charge on any atom is -0.507 e. The van der Waals surface area contributed by atoms with Crippen molar-refractivity contribution < 1.29 is 62.7 Å².